The van der Waals surface area contributed by atoms with Gasteiger partial charge >= 0.3 is 0 Å². The van der Waals surface area contributed by atoms with Crippen molar-refractivity contribution in [3.8, 4) is 39.5 Å². The minimum absolute atomic E-state index is 0. The average molecular weight is 967 g/mol. The molecule has 0 unspecified atom stereocenters. The van der Waals surface area contributed by atoms with Gasteiger partial charge in [0.25, 0.3) is 0 Å². The molecule has 0 bridgehead atoms. The van der Waals surface area contributed by atoms with E-state index in [-0.39, 0.29) is 31.9 Å². The van der Waals surface area contributed by atoms with E-state index in [1.165, 1.54) is 38.7 Å². The van der Waals surface area contributed by atoms with Crippen LogP contribution >= 0.6 is 0 Å². The molecule has 9 aromatic rings. The number of aryl methyl sites for hydroxylation is 2. The first-order valence-corrected chi connectivity index (χ1v) is 23.7. The second-order valence-corrected chi connectivity index (χ2v) is 22.0. The van der Waals surface area contributed by atoms with E-state index in [0.717, 1.165) is 61.3 Å². The number of nitrogens with zero attached hydrogens (tertiary/aromatic N) is 4. The molecule has 0 atom stereocenters. The van der Waals surface area contributed by atoms with Crippen LogP contribution in [0.2, 0.25) is 19.6 Å². The Bertz CT molecular complexity index is 2860. The third-order valence-corrected chi connectivity index (χ3v) is 12.9. The van der Waals surface area contributed by atoms with Crippen molar-refractivity contribution in [1.29, 1.82) is 0 Å². The molecule has 299 valence electrons. The molecule has 0 N–H and O–H groups in total. The number of benzene rings is 5. The zero-order chi connectivity index (χ0) is 40.7. The Morgan fingerprint density at radius 2 is 1.42 bits per heavy atom. The van der Waals surface area contributed by atoms with Crippen LogP contribution in [0.3, 0.4) is 0 Å². The molecule has 1 radical (unpaired) electrons. The quantitative estimate of drug-likeness (QED) is 0.118. The van der Waals surface area contributed by atoms with Crippen molar-refractivity contribution in [2.45, 2.75) is 73.0 Å². The number of pyridine rings is 2. The van der Waals surface area contributed by atoms with Gasteiger partial charge in [-0.1, -0.05) is 121 Å². The van der Waals surface area contributed by atoms with Crippen LogP contribution in [-0.2, 0) is 20.1 Å². The second-order valence-electron chi connectivity index (χ2n) is 16.9. The van der Waals surface area contributed by atoms with Gasteiger partial charge in [0.15, 0.2) is 0 Å². The number of hydrogen-bond acceptors (Lipinski definition) is 4. The number of fused-ring (bicyclic) bond motifs is 4. The smallest absolute Gasteiger partial charge is 0.139 e. The summed E-state index contributed by atoms with van der Waals surface area (Å²) in [5.74, 6) is 1.40. The number of furan rings is 1. The molecule has 0 aliphatic rings. The number of imidazole rings is 1. The Kier molecular flexibility index (Phi) is 12.0. The molecule has 59 heavy (non-hydrogen) atoms. The van der Waals surface area contributed by atoms with E-state index in [9.17, 15) is 0 Å². The molecule has 5 nitrogen and oxygen atoms in total. The largest absolute Gasteiger partial charge is 0.499 e. The van der Waals surface area contributed by atoms with Crippen molar-refractivity contribution in [2.75, 3.05) is 0 Å². The molecular formula is C52H50IrN4OSi-2. The van der Waals surface area contributed by atoms with Crippen LogP contribution in [-0.4, -0.2) is 27.6 Å². The number of hydrogen-bond donors (Lipinski definition) is 0. The minimum atomic E-state index is -1.24. The first-order valence-electron chi connectivity index (χ1n) is 20.2. The van der Waals surface area contributed by atoms with Gasteiger partial charge in [-0.3, -0.25) is 9.97 Å². The molecule has 9 rings (SSSR count). The van der Waals surface area contributed by atoms with E-state index >= 15 is 0 Å². The molecular weight excluding hydrogens is 917 g/mol. The topological polar surface area (TPSA) is 56.7 Å². The number of para-hydroxylation sites is 2. The van der Waals surface area contributed by atoms with E-state index < -0.39 is 8.07 Å². The summed E-state index contributed by atoms with van der Waals surface area (Å²) in [6.45, 7) is 20.3. The van der Waals surface area contributed by atoms with Crippen LogP contribution in [0, 0.1) is 26.0 Å². The summed E-state index contributed by atoms with van der Waals surface area (Å²) in [4.78, 5) is 14.5. The van der Waals surface area contributed by atoms with Crippen molar-refractivity contribution in [1.82, 2.24) is 19.5 Å². The maximum Gasteiger partial charge on any atom is 0.139 e. The summed E-state index contributed by atoms with van der Waals surface area (Å²) in [7, 11) is -1.24. The van der Waals surface area contributed by atoms with Gasteiger partial charge < -0.3 is 14.0 Å². The molecule has 4 heterocycles. The van der Waals surface area contributed by atoms with Crippen LogP contribution in [0.1, 0.15) is 61.8 Å². The summed E-state index contributed by atoms with van der Waals surface area (Å²) in [5.41, 5.74) is 15.9. The van der Waals surface area contributed by atoms with Crippen molar-refractivity contribution in [3.63, 3.8) is 0 Å². The Morgan fingerprint density at radius 3 is 2.07 bits per heavy atom. The van der Waals surface area contributed by atoms with Crippen LogP contribution in [0.25, 0.3) is 72.6 Å². The zero-order valence-corrected chi connectivity index (χ0v) is 38.7. The van der Waals surface area contributed by atoms with Gasteiger partial charge in [0.05, 0.1) is 36.0 Å². The molecule has 4 aromatic heterocycles. The number of rotatable bonds is 7. The fraction of sp³-hybridized carbons (Fsp3) is 0.212. The Balaban J connectivity index is 0.000000247. The Morgan fingerprint density at radius 1 is 0.712 bits per heavy atom. The van der Waals surface area contributed by atoms with E-state index in [1.54, 1.807) is 0 Å². The summed E-state index contributed by atoms with van der Waals surface area (Å²) >= 11 is 0. The normalized spacial score (nSPS) is 11.6. The number of aromatic nitrogens is 4. The summed E-state index contributed by atoms with van der Waals surface area (Å²) < 4.78 is 8.83. The molecule has 0 fully saturated rings. The molecule has 0 amide bonds. The summed E-state index contributed by atoms with van der Waals surface area (Å²) in [6.07, 6.45) is 3.84. The van der Waals surface area contributed by atoms with E-state index in [1.807, 2.05) is 42.7 Å². The summed E-state index contributed by atoms with van der Waals surface area (Å²) in [6, 6.07) is 47.0. The standard InChI is InChI=1S/C37H32N3O.C15H18NSi.Ir/c1-22(2)28-20-26(25-12-7-6-8-13-25)21-29(23(3)4)35(28)40-31-15-10-9-14-30(31)39-37(40)27-18-17-24(5)33-34-32(41-36(27)33)16-11-19-38-34;1-12-5-7-13(8-6-12)15-10-9-14(11-16-15)17(2,3)4;/h6-17,19-23H,1-5H3;5-7,9-11H,1-4H3;/q2*-1;. The predicted molar refractivity (Wildman–Crippen MR) is 245 cm³/mol. The first kappa shape index (κ1) is 41.7. The third-order valence-electron chi connectivity index (χ3n) is 10.9. The molecule has 0 saturated carbocycles. The van der Waals surface area contributed by atoms with Crippen molar-refractivity contribution in [3.05, 3.63) is 162 Å². The maximum absolute atomic E-state index is 6.49. The van der Waals surface area contributed by atoms with Crippen molar-refractivity contribution < 1.29 is 24.5 Å². The van der Waals surface area contributed by atoms with Gasteiger partial charge in [-0.2, -0.15) is 0 Å². The second kappa shape index (κ2) is 17.0. The van der Waals surface area contributed by atoms with E-state index in [4.69, 9.17) is 9.40 Å². The van der Waals surface area contributed by atoms with E-state index in [0.29, 0.717) is 0 Å². The fourth-order valence-electron chi connectivity index (χ4n) is 7.65. The first-order chi connectivity index (χ1) is 27.9. The Hall–Kier alpha value is -5.46. The van der Waals surface area contributed by atoms with Crippen molar-refractivity contribution >= 4 is 46.4 Å². The monoisotopic (exact) mass is 967 g/mol. The molecule has 5 aromatic carbocycles. The van der Waals surface area contributed by atoms with Crippen LogP contribution in [0.4, 0.5) is 0 Å². The van der Waals surface area contributed by atoms with Crippen LogP contribution in [0.5, 0.6) is 0 Å². The fourth-order valence-corrected chi connectivity index (χ4v) is 8.69. The minimum Gasteiger partial charge on any atom is -0.499 e. The van der Waals surface area contributed by atoms with Gasteiger partial charge in [0.2, 0.25) is 0 Å². The molecule has 0 aliphatic heterocycles. The van der Waals surface area contributed by atoms with E-state index in [2.05, 4.69) is 173 Å². The van der Waals surface area contributed by atoms with Gasteiger partial charge in [-0.25, -0.2) is 0 Å². The SMILES string of the molecule is Cc1c[c-]c(-c2ccc([Si](C)(C)C)cn2)cc1.Cc1c[c-]c(-c2nc3ccccc3n2-c2c(C(C)C)cc(-c3ccccc3)cc2C(C)C)c2oc3cccnc3c12.[Ir]. The molecule has 7 heteroatoms. The molecule has 0 saturated heterocycles. The zero-order valence-electron chi connectivity index (χ0n) is 35.3. The summed E-state index contributed by atoms with van der Waals surface area (Å²) in [5, 5.41) is 2.41. The Labute approximate surface area is 363 Å². The van der Waals surface area contributed by atoms with Crippen LogP contribution in [0.15, 0.2) is 132 Å². The predicted octanol–water partition coefficient (Wildman–Crippen LogP) is 13.4. The van der Waals surface area contributed by atoms with Crippen molar-refractivity contribution in [2.24, 2.45) is 0 Å². The van der Waals surface area contributed by atoms with Gasteiger partial charge in [-0.15, -0.1) is 53.1 Å². The van der Waals surface area contributed by atoms with Gasteiger partial charge in [0, 0.05) is 38.2 Å². The van der Waals surface area contributed by atoms with Gasteiger partial charge in [0.1, 0.15) is 5.58 Å². The van der Waals surface area contributed by atoms with Gasteiger partial charge in [-0.05, 0) is 86.8 Å². The molecule has 0 aliphatic carbocycles. The average Bonchev–Trinajstić information content (AvgIpc) is 3.81. The van der Waals surface area contributed by atoms with Crippen LogP contribution < -0.4 is 5.19 Å². The third kappa shape index (κ3) is 8.25. The maximum atomic E-state index is 6.49. The molecule has 0 spiro atoms.